The second kappa shape index (κ2) is 10.4. The molecule has 25 heavy (non-hydrogen) atoms. The number of nitrogens with zero attached hydrogens (tertiary/aromatic N) is 4. The number of rotatable bonds is 9. The molecule has 142 valence electrons. The van der Waals surface area contributed by atoms with Crippen LogP contribution in [0.2, 0.25) is 0 Å². The largest absolute Gasteiger partial charge is 0.396 e. The minimum absolute atomic E-state index is 0.238. The summed E-state index contributed by atoms with van der Waals surface area (Å²) >= 11 is 0. The van der Waals surface area contributed by atoms with Gasteiger partial charge in [-0.15, -0.1) is 0 Å². The van der Waals surface area contributed by atoms with Gasteiger partial charge in [0.15, 0.2) is 11.8 Å². The molecule has 2 heterocycles. The van der Waals surface area contributed by atoms with Crippen LogP contribution in [0.3, 0.4) is 0 Å². The number of guanidine groups is 1. The van der Waals surface area contributed by atoms with Crippen LogP contribution in [0, 0.1) is 5.92 Å². The minimum Gasteiger partial charge on any atom is -0.396 e. The van der Waals surface area contributed by atoms with E-state index in [9.17, 15) is 5.11 Å². The predicted octanol–water partition coefficient (Wildman–Crippen LogP) is 1.51. The van der Waals surface area contributed by atoms with Gasteiger partial charge in [0.25, 0.3) is 0 Å². The van der Waals surface area contributed by atoms with Crippen LogP contribution in [0.4, 0.5) is 0 Å². The van der Waals surface area contributed by atoms with Crippen molar-refractivity contribution in [1.29, 1.82) is 0 Å². The van der Waals surface area contributed by atoms with E-state index in [4.69, 9.17) is 4.99 Å². The lowest BCUT2D eigenvalue weighted by Gasteiger charge is -2.25. The molecule has 7 heteroatoms. The molecular weight excluding hydrogens is 316 g/mol. The molecule has 0 saturated carbocycles. The molecule has 0 saturated heterocycles. The third kappa shape index (κ3) is 5.99. The van der Waals surface area contributed by atoms with E-state index in [1.807, 2.05) is 4.68 Å². The van der Waals surface area contributed by atoms with Crippen LogP contribution >= 0.6 is 0 Å². The fourth-order valence-electron chi connectivity index (χ4n) is 3.28. The van der Waals surface area contributed by atoms with Crippen molar-refractivity contribution < 1.29 is 5.11 Å². The van der Waals surface area contributed by atoms with E-state index in [0.717, 1.165) is 75.8 Å². The molecule has 7 nitrogen and oxygen atoms in total. The predicted molar refractivity (Wildman–Crippen MR) is 101 cm³/mol. The molecule has 0 spiro atoms. The third-order valence-corrected chi connectivity index (χ3v) is 4.65. The first-order chi connectivity index (χ1) is 12.2. The summed E-state index contributed by atoms with van der Waals surface area (Å²) in [5, 5.41) is 20.7. The number of aliphatic hydroxyl groups excluding tert-OH is 1. The molecule has 0 aromatic carbocycles. The number of aryl methyl sites for hydroxylation is 2. The van der Waals surface area contributed by atoms with Gasteiger partial charge in [-0.05, 0) is 32.1 Å². The van der Waals surface area contributed by atoms with Crippen LogP contribution < -0.4 is 10.6 Å². The number of hydrogen-bond donors (Lipinski definition) is 3. The van der Waals surface area contributed by atoms with Crippen molar-refractivity contribution in [2.45, 2.75) is 71.9 Å². The number of aromatic nitrogens is 3. The van der Waals surface area contributed by atoms with Crippen molar-refractivity contribution in [2.24, 2.45) is 10.9 Å². The molecule has 0 aliphatic carbocycles. The minimum atomic E-state index is 0.238. The molecule has 0 fully saturated rings. The molecule has 1 aliphatic rings. The van der Waals surface area contributed by atoms with Crippen molar-refractivity contribution in [3.05, 3.63) is 11.6 Å². The first kappa shape index (κ1) is 19.7. The average molecular weight is 351 g/mol. The quantitative estimate of drug-likeness (QED) is 0.464. The van der Waals surface area contributed by atoms with Gasteiger partial charge in [-0.3, -0.25) is 4.99 Å². The SMILES string of the molecule is CCCC(CCO)CN=C(NCC)NC1CCc2nc(CC)nn2C1. The maximum absolute atomic E-state index is 9.21. The van der Waals surface area contributed by atoms with Crippen molar-refractivity contribution in [2.75, 3.05) is 19.7 Å². The van der Waals surface area contributed by atoms with Crippen molar-refractivity contribution in [1.82, 2.24) is 25.4 Å². The molecular formula is C18H34N6O. The van der Waals surface area contributed by atoms with Crippen LogP contribution in [0.1, 0.15) is 58.1 Å². The monoisotopic (exact) mass is 350 g/mol. The molecule has 1 aromatic heterocycles. The van der Waals surface area contributed by atoms with Gasteiger partial charge >= 0.3 is 0 Å². The lowest BCUT2D eigenvalue weighted by molar-refractivity contribution is 0.253. The molecule has 0 amide bonds. The average Bonchev–Trinajstić information content (AvgIpc) is 3.02. The maximum atomic E-state index is 9.21. The highest BCUT2D eigenvalue weighted by Gasteiger charge is 2.22. The molecule has 2 atom stereocenters. The van der Waals surface area contributed by atoms with Gasteiger partial charge in [-0.2, -0.15) is 5.10 Å². The van der Waals surface area contributed by atoms with E-state index in [2.05, 4.69) is 41.5 Å². The molecule has 1 aromatic rings. The summed E-state index contributed by atoms with van der Waals surface area (Å²) in [4.78, 5) is 9.33. The Morgan fingerprint density at radius 3 is 2.88 bits per heavy atom. The van der Waals surface area contributed by atoms with Crippen LogP contribution in [-0.4, -0.2) is 51.6 Å². The smallest absolute Gasteiger partial charge is 0.191 e. The highest BCUT2D eigenvalue weighted by Crippen LogP contribution is 2.14. The molecule has 2 rings (SSSR count). The normalized spacial score (nSPS) is 18.7. The Labute approximate surface area is 151 Å². The Balaban J connectivity index is 1.95. The highest BCUT2D eigenvalue weighted by atomic mass is 16.3. The maximum Gasteiger partial charge on any atom is 0.191 e. The Morgan fingerprint density at radius 2 is 2.20 bits per heavy atom. The van der Waals surface area contributed by atoms with E-state index in [0.29, 0.717) is 12.0 Å². The zero-order chi connectivity index (χ0) is 18.1. The zero-order valence-corrected chi connectivity index (χ0v) is 16.0. The number of nitrogens with one attached hydrogen (secondary N) is 2. The highest BCUT2D eigenvalue weighted by molar-refractivity contribution is 5.80. The van der Waals surface area contributed by atoms with E-state index in [1.54, 1.807) is 0 Å². The van der Waals surface area contributed by atoms with Gasteiger partial charge in [-0.25, -0.2) is 9.67 Å². The van der Waals surface area contributed by atoms with E-state index in [1.165, 1.54) is 0 Å². The van der Waals surface area contributed by atoms with Gasteiger partial charge in [-0.1, -0.05) is 20.3 Å². The summed E-state index contributed by atoms with van der Waals surface area (Å²) in [5.41, 5.74) is 0. The fourth-order valence-corrected chi connectivity index (χ4v) is 3.28. The van der Waals surface area contributed by atoms with Crippen molar-refractivity contribution in [3.8, 4) is 0 Å². The third-order valence-electron chi connectivity index (χ3n) is 4.65. The van der Waals surface area contributed by atoms with Crippen molar-refractivity contribution in [3.63, 3.8) is 0 Å². The number of aliphatic imine (C=N–C) groups is 1. The van der Waals surface area contributed by atoms with Crippen LogP contribution in [0.25, 0.3) is 0 Å². The first-order valence-electron chi connectivity index (χ1n) is 9.78. The summed E-state index contributed by atoms with van der Waals surface area (Å²) in [7, 11) is 0. The summed E-state index contributed by atoms with van der Waals surface area (Å²) < 4.78 is 2.04. The lowest BCUT2D eigenvalue weighted by atomic mass is 10.0. The Kier molecular flexibility index (Phi) is 8.18. The summed E-state index contributed by atoms with van der Waals surface area (Å²) in [6, 6.07) is 0.319. The number of hydrogen-bond acceptors (Lipinski definition) is 4. The summed E-state index contributed by atoms with van der Waals surface area (Å²) in [5.74, 6) is 3.35. The first-order valence-corrected chi connectivity index (χ1v) is 9.78. The van der Waals surface area contributed by atoms with Gasteiger partial charge in [0.05, 0.1) is 6.54 Å². The van der Waals surface area contributed by atoms with Gasteiger partial charge in [0.2, 0.25) is 0 Å². The van der Waals surface area contributed by atoms with Gasteiger partial charge < -0.3 is 15.7 Å². The second-order valence-electron chi connectivity index (χ2n) is 6.75. The van der Waals surface area contributed by atoms with E-state index < -0.39 is 0 Å². The number of fused-ring (bicyclic) bond motifs is 1. The summed E-state index contributed by atoms with van der Waals surface area (Å²) in [6.45, 7) is 9.02. The Hall–Kier alpha value is -1.63. The molecule has 0 bridgehead atoms. The van der Waals surface area contributed by atoms with E-state index in [-0.39, 0.29) is 6.61 Å². The van der Waals surface area contributed by atoms with Crippen molar-refractivity contribution >= 4 is 5.96 Å². The summed E-state index contributed by atoms with van der Waals surface area (Å²) in [6.07, 6.45) is 5.93. The topological polar surface area (TPSA) is 87.4 Å². The standard InChI is InChI=1S/C18H34N6O/c1-4-7-14(10-11-25)12-20-18(19-6-3)21-15-8-9-17-22-16(5-2)23-24(17)13-15/h14-15,25H,4-13H2,1-3H3,(H2,19,20,21). The second-order valence-corrected chi connectivity index (χ2v) is 6.75. The zero-order valence-electron chi connectivity index (χ0n) is 16.0. The molecule has 2 unspecified atom stereocenters. The Bertz CT molecular complexity index is 536. The van der Waals surface area contributed by atoms with E-state index >= 15 is 0 Å². The molecule has 1 aliphatic heterocycles. The number of aliphatic hydroxyl groups is 1. The molecule has 3 N–H and O–H groups in total. The van der Waals surface area contributed by atoms with Gasteiger partial charge in [0, 0.05) is 38.6 Å². The van der Waals surface area contributed by atoms with Crippen LogP contribution in [0.5, 0.6) is 0 Å². The molecule has 0 radical (unpaired) electrons. The Morgan fingerprint density at radius 1 is 1.36 bits per heavy atom. The van der Waals surface area contributed by atoms with Gasteiger partial charge in [0.1, 0.15) is 5.82 Å². The lowest BCUT2D eigenvalue weighted by Crippen LogP contribution is -2.47. The van der Waals surface area contributed by atoms with Crippen LogP contribution in [0.15, 0.2) is 4.99 Å². The van der Waals surface area contributed by atoms with Crippen LogP contribution in [-0.2, 0) is 19.4 Å². The fraction of sp³-hybridized carbons (Fsp3) is 0.833.